The highest BCUT2D eigenvalue weighted by atomic mass is 31.3. The molecule has 32 heavy (non-hydrogen) atoms. The first-order chi connectivity index (χ1) is 14.7. The summed E-state index contributed by atoms with van der Waals surface area (Å²) in [7, 11) is -16.6. The Morgan fingerprint density at radius 3 is 2.41 bits per heavy atom. The van der Waals surface area contributed by atoms with Crippen LogP contribution in [0.15, 0.2) is 4.99 Å². The summed E-state index contributed by atoms with van der Waals surface area (Å²) in [4.78, 5) is 41.7. The summed E-state index contributed by atoms with van der Waals surface area (Å²) in [6, 6.07) is -0.210. The van der Waals surface area contributed by atoms with Gasteiger partial charge in [0.1, 0.15) is 29.8 Å². The molecule has 0 aliphatic carbocycles. The molecule has 3 saturated heterocycles. The van der Waals surface area contributed by atoms with E-state index >= 15 is 0 Å². The molecule has 0 bridgehead atoms. The van der Waals surface area contributed by atoms with Gasteiger partial charge in [0.15, 0.2) is 6.23 Å². The van der Waals surface area contributed by atoms with Gasteiger partial charge in [-0.2, -0.15) is 8.62 Å². The van der Waals surface area contributed by atoms with Crippen molar-refractivity contribution in [3.05, 3.63) is 0 Å². The van der Waals surface area contributed by atoms with Gasteiger partial charge in [-0.05, 0) is 0 Å². The van der Waals surface area contributed by atoms with Crippen LogP contribution in [0.5, 0.6) is 0 Å². The summed E-state index contributed by atoms with van der Waals surface area (Å²) in [6.07, 6.45) is -5.51. The Bertz CT molecular complexity index is 925. The maximum atomic E-state index is 11.9. The summed E-state index contributed by atoms with van der Waals surface area (Å²) in [5.74, 6) is 0.582. The van der Waals surface area contributed by atoms with Crippen LogP contribution >= 0.6 is 23.5 Å². The van der Waals surface area contributed by atoms with Crippen molar-refractivity contribution in [2.75, 3.05) is 26.5 Å². The van der Waals surface area contributed by atoms with Gasteiger partial charge in [0, 0.05) is 6.54 Å². The third-order valence-corrected chi connectivity index (χ3v) is 8.97. The lowest BCUT2D eigenvalue weighted by atomic mass is 10.1. The summed E-state index contributed by atoms with van der Waals surface area (Å²) in [6.45, 7) is 0.364. The van der Waals surface area contributed by atoms with E-state index in [1.807, 2.05) is 0 Å². The minimum absolute atomic E-state index is 0.210. The molecule has 1 spiro atoms. The van der Waals surface area contributed by atoms with E-state index in [0.717, 1.165) is 0 Å². The number of hydrogen-bond acceptors (Lipinski definition) is 14. The van der Waals surface area contributed by atoms with Crippen LogP contribution in [0.1, 0.15) is 0 Å². The monoisotopic (exact) mass is 525 g/mol. The standard InChI is InChI=1S/C11H22N5O13P3/c17-6-5(1-26-31(22,23)29-32(24,25)28-30(19,20)21)27-10(7(6)18)16-4-13-8-9(16)12-3-15-11(8)2-14-11/h5-8,10,13-15,17-18H,1-4H2,(H,22,23)(H,24,25)(H2,19,20,21)/t5-,6-,7-,8?,10-,11?/m1/s1. The van der Waals surface area contributed by atoms with Crippen LogP contribution in [0.3, 0.4) is 0 Å². The first-order valence-corrected chi connectivity index (χ1v) is 13.6. The van der Waals surface area contributed by atoms with Crippen molar-refractivity contribution in [3.8, 4) is 0 Å². The second-order valence-corrected chi connectivity index (χ2v) is 11.8. The van der Waals surface area contributed by atoms with Crippen molar-refractivity contribution in [3.63, 3.8) is 0 Å². The Balaban J connectivity index is 1.37. The summed E-state index contributed by atoms with van der Waals surface area (Å²) < 4.78 is 51.2. The third-order valence-electron chi connectivity index (χ3n) is 5.17. The van der Waals surface area contributed by atoms with E-state index in [9.17, 15) is 28.8 Å². The fourth-order valence-electron chi connectivity index (χ4n) is 3.71. The lowest BCUT2D eigenvalue weighted by Gasteiger charge is -2.32. The molecule has 21 heteroatoms. The molecule has 184 valence electrons. The fraction of sp³-hybridized carbons (Fsp3) is 0.909. The van der Waals surface area contributed by atoms with Crippen LogP contribution in [0.25, 0.3) is 0 Å². The first-order valence-electron chi connectivity index (χ1n) is 9.06. The number of aliphatic hydroxyl groups excluding tert-OH is 2. The van der Waals surface area contributed by atoms with E-state index < -0.39 is 54.6 Å². The number of ether oxygens (including phenoxy) is 1. The highest BCUT2D eigenvalue weighted by Gasteiger charge is 2.58. The zero-order valence-corrected chi connectivity index (χ0v) is 18.7. The lowest BCUT2D eigenvalue weighted by Crippen LogP contribution is -2.58. The van der Waals surface area contributed by atoms with Gasteiger partial charge >= 0.3 is 23.5 Å². The van der Waals surface area contributed by atoms with Gasteiger partial charge in [0.25, 0.3) is 0 Å². The largest absolute Gasteiger partial charge is 0.490 e. The van der Waals surface area contributed by atoms with Crippen molar-refractivity contribution in [1.29, 1.82) is 0 Å². The van der Waals surface area contributed by atoms with Crippen molar-refractivity contribution in [1.82, 2.24) is 20.9 Å². The van der Waals surface area contributed by atoms with Crippen LogP contribution in [0.4, 0.5) is 0 Å². The predicted octanol–water partition coefficient (Wildman–Crippen LogP) is -3.73. The third kappa shape index (κ3) is 5.16. The molecule has 0 amide bonds. The van der Waals surface area contributed by atoms with E-state index in [1.165, 1.54) is 0 Å². The molecule has 0 saturated carbocycles. The number of aliphatic imine (C=N–C) groups is 1. The normalized spacial score (nSPS) is 40.6. The minimum Gasteiger partial charge on any atom is -0.387 e. The van der Waals surface area contributed by atoms with E-state index in [4.69, 9.17) is 19.4 Å². The first kappa shape index (κ1) is 24.8. The topological polar surface area (TPSA) is 271 Å². The molecular weight excluding hydrogens is 503 g/mol. The number of hydrogen-bond donors (Lipinski definition) is 9. The molecule has 18 nitrogen and oxygen atoms in total. The zero-order valence-electron chi connectivity index (χ0n) is 16.0. The summed E-state index contributed by atoms with van der Waals surface area (Å²) in [5, 5.41) is 30.3. The van der Waals surface area contributed by atoms with Gasteiger partial charge in [0.2, 0.25) is 0 Å². The zero-order chi connectivity index (χ0) is 23.5. The lowest BCUT2D eigenvalue weighted by molar-refractivity contribution is -0.0688. The number of nitrogens with zero attached hydrogens (tertiary/aromatic N) is 2. The average molecular weight is 525 g/mol. The molecule has 8 atom stereocenters. The van der Waals surface area contributed by atoms with Crippen LogP contribution in [0, 0.1) is 0 Å². The van der Waals surface area contributed by atoms with Gasteiger partial charge in [-0.3, -0.25) is 25.5 Å². The van der Waals surface area contributed by atoms with Gasteiger partial charge in [-0.25, -0.2) is 13.7 Å². The molecule has 0 aromatic heterocycles. The van der Waals surface area contributed by atoms with Crippen LogP contribution < -0.4 is 16.0 Å². The Labute approximate surface area is 180 Å². The Morgan fingerprint density at radius 2 is 1.78 bits per heavy atom. The van der Waals surface area contributed by atoms with Gasteiger partial charge in [-0.15, -0.1) is 0 Å². The molecule has 4 rings (SSSR count). The van der Waals surface area contributed by atoms with Crippen molar-refractivity contribution in [2.45, 2.75) is 36.2 Å². The molecule has 0 radical (unpaired) electrons. The number of nitrogens with one attached hydrogen (secondary N) is 3. The number of phosphoric acid groups is 3. The fourth-order valence-corrected chi connectivity index (χ4v) is 6.74. The van der Waals surface area contributed by atoms with Crippen LogP contribution in [0.2, 0.25) is 0 Å². The molecular formula is C11H22N5O13P3. The molecule has 4 aliphatic heterocycles. The molecule has 3 fully saturated rings. The van der Waals surface area contributed by atoms with Gasteiger partial charge < -0.3 is 39.4 Å². The average Bonchev–Trinajstić information content (AvgIpc) is 3.16. The predicted molar refractivity (Wildman–Crippen MR) is 100 cm³/mol. The highest BCUT2D eigenvalue weighted by molar-refractivity contribution is 7.66. The second-order valence-electron chi connectivity index (χ2n) is 7.37. The second kappa shape index (κ2) is 8.39. The molecule has 4 unspecified atom stereocenters. The maximum absolute atomic E-state index is 11.9. The van der Waals surface area contributed by atoms with Crippen LogP contribution in [-0.4, -0.2) is 103 Å². The Kier molecular flexibility index (Phi) is 6.49. The number of rotatable bonds is 8. The van der Waals surface area contributed by atoms with E-state index in [1.54, 1.807) is 4.90 Å². The van der Waals surface area contributed by atoms with Crippen molar-refractivity contribution >= 4 is 29.3 Å². The van der Waals surface area contributed by atoms with E-state index in [0.29, 0.717) is 19.0 Å². The Hall–Kier alpha value is -0.360. The quantitative estimate of drug-likeness (QED) is 0.109. The highest BCUT2D eigenvalue weighted by Crippen LogP contribution is 2.66. The molecule has 4 aliphatic rings. The van der Waals surface area contributed by atoms with Gasteiger partial charge in [0.05, 0.1) is 26.0 Å². The van der Waals surface area contributed by atoms with E-state index in [2.05, 4.69) is 34.1 Å². The van der Waals surface area contributed by atoms with Crippen molar-refractivity contribution < 1.29 is 61.4 Å². The number of aliphatic hydroxyl groups is 2. The van der Waals surface area contributed by atoms with Crippen LogP contribution in [-0.2, 0) is 31.6 Å². The molecule has 9 N–H and O–H groups in total. The SMILES string of the molecule is O=P(O)(O)OP(=O)(O)OP(=O)(O)OC[C@H]1O[C@@H](N2CNC3C2=NCNC32CN2)[C@H](O)[C@@H]1O. The van der Waals surface area contributed by atoms with Crippen molar-refractivity contribution in [2.24, 2.45) is 4.99 Å². The molecule has 0 aromatic rings. The van der Waals surface area contributed by atoms with Gasteiger partial charge in [-0.1, -0.05) is 0 Å². The molecule has 4 heterocycles. The Morgan fingerprint density at radius 1 is 1.09 bits per heavy atom. The number of phosphoric ester groups is 1. The van der Waals surface area contributed by atoms with E-state index in [-0.39, 0.29) is 18.4 Å². The summed E-state index contributed by atoms with van der Waals surface area (Å²) in [5.41, 5.74) is -0.356. The summed E-state index contributed by atoms with van der Waals surface area (Å²) >= 11 is 0. The smallest absolute Gasteiger partial charge is 0.387 e. The number of fused-ring (bicyclic) bond motifs is 2. The molecule has 0 aromatic carbocycles. The number of amidine groups is 1. The maximum Gasteiger partial charge on any atom is 0.490 e. The minimum atomic E-state index is -5.67.